The minimum absolute atomic E-state index is 0.000466. The van der Waals surface area contributed by atoms with E-state index in [2.05, 4.69) is 39.9 Å². The fraction of sp³-hybridized carbons (Fsp3) is 0.963. The molecule has 0 radical (unpaired) electrons. The van der Waals surface area contributed by atoms with Gasteiger partial charge in [0, 0.05) is 12.6 Å². The zero-order valence-corrected chi connectivity index (χ0v) is 20.8. The molecule has 3 N–H and O–H groups in total. The van der Waals surface area contributed by atoms with E-state index < -0.39 is 12.1 Å². The Morgan fingerprint density at radius 3 is 2.53 bits per heavy atom. The lowest BCUT2D eigenvalue weighted by Crippen LogP contribution is -2.56. The van der Waals surface area contributed by atoms with Crippen LogP contribution in [0.3, 0.4) is 0 Å². The zero-order chi connectivity index (χ0) is 23.1. The molecule has 0 aromatic rings. The molecular formula is C27H45NO4. The van der Waals surface area contributed by atoms with Gasteiger partial charge in [0.15, 0.2) is 6.10 Å². The number of aliphatic hydroxyl groups excluding tert-OH is 1. The van der Waals surface area contributed by atoms with Crippen molar-refractivity contribution in [1.82, 2.24) is 5.32 Å². The summed E-state index contributed by atoms with van der Waals surface area (Å²) < 4.78 is 6.29. The molecule has 182 valence electrons. The summed E-state index contributed by atoms with van der Waals surface area (Å²) in [6.45, 7) is 12.4. The molecule has 3 aliphatic carbocycles. The van der Waals surface area contributed by atoms with E-state index in [0.717, 1.165) is 19.4 Å². The second kappa shape index (κ2) is 7.42. The maximum atomic E-state index is 11.8. The number of fused-ring (bicyclic) bond motifs is 1. The van der Waals surface area contributed by atoms with E-state index in [4.69, 9.17) is 4.74 Å². The third-order valence-corrected chi connectivity index (χ3v) is 11.7. The molecule has 0 amide bonds. The van der Waals surface area contributed by atoms with Gasteiger partial charge in [-0.3, -0.25) is 0 Å². The highest BCUT2D eigenvalue weighted by Gasteiger charge is 2.77. The van der Waals surface area contributed by atoms with Crippen LogP contribution in [0.5, 0.6) is 0 Å². The van der Waals surface area contributed by atoms with Gasteiger partial charge >= 0.3 is 5.97 Å². The van der Waals surface area contributed by atoms with Gasteiger partial charge in [-0.05, 0) is 90.8 Å². The summed E-state index contributed by atoms with van der Waals surface area (Å²) in [6, 6.07) is 0.494. The minimum atomic E-state index is -0.811. The Labute approximate surface area is 194 Å². The van der Waals surface area contributed by atoms with Crippen molar-refractivity contribution in [3.63, 3.8) is 0 Å². The van der Waals surface area contributed by atoms with Crippen molar-refractivity contribution in [1.29, 1.82) is 0 Å². The summed E-state index contributed by atoms with van der Waals surface area (Å²) in [4.78, 5) is 11.8. The molecule has 0 aromatic carbocycles. The normalized spacial score (nSPS) is 54.5. The fourth-order valence-corrected chi connectivity index (χ4v) is 9.77. The average molecular weight is 448 g/mol. The number of carboxylic acid groups (broad SMARTS) is 1. The van der Waals surface area contributed by atoms with Crippen LogP contribution in [0.4, 0.5) is 0 Å². The minimum Gasteiger partial charge on any atom is -0.479 e. The van der Waals surface area contributed by atoms with Crippen molar-refractivity contribution in [2.75, 3.05) is 6.54 Å². The van der Waals surface area contributed by atoms with Gasteiger partial charge in [-0.25, -0.2) is 4.79 Å². The topological polar surface area (TPSA) is 78.8 Å². The number of ether oxygens (including phenoxy) is 1. The number of carbonyl (C=O) groups is 1. The molecule has 5 fully saturated rings. The van der Waals surface area contributed by atoms with Gasteiger partial charge in [0.25, 0.3) is 0 Å². The third-order valence-electron chi connectivity index (χ3n) is 11.7. The van der Waals surface area contributed by atoms with E-state index in [1.165, 1.54) is 38.5 Å². The van der Waals surface area contributed by atoms with Crippen LogP contribution in [0.25, 0.3) is 0 Å². The van der Waals surface area contributed by atoms with Crippen molar-refractivity contribution in [2.45, 2.75) is 117 Å². The van der Waals surface area contributed by atoms with Gasteiger partial charge in [0.05, 0.1) is 12.2 Å². The highest BCUT2D eigenvalue weighted by atomic mass is 16.5. The second-order valence-corrected chi connectivity index (χ2v) is 13.2. The first-order chi connectivity index (χ1) is 15.0. The Kier molecular flexibility index (Phi) is 5.36. The van der Waals surface area contributed by atoms with E-state index in [0.29, 0.717) is 41.0 Å². The van der Waals surface area contributed by atoms with Gasteiger partial charge in [0.1, 0.15) is 0 Å². The number of carboxylic acids is 1. The molecular weight excluding hydrogens is 402 g/mol. The Bertz CT molecular complexity index is 769. The van der Waals surface area contributed by atoms with Crippen molar-refractivity contribution < 1.29 is 19.7 Å². The van der Waals surface area contributed by atoms with Crippen LogP contribution >= 0.6 is 0 Å². The molecule has 0 aromatic heterocycles. The first kappa shape index (κ1) is 23.1. The van der Waals surface area contributed by atoms with Crippen molar-refractivity contribution in [2.24, 2.45) is 39.4 Å². The Morgan fingerprint density at radius 2 is 1.84 bits per heavy atom. The second-order valence-electron chi connectivity index (χ2n) is 13.2. The van der Waals surface area contributed by atoms with Crippen LogP contribution in [-0.2, 0) is 9.53 Å². The van der Waals surface area contributed by atoms with E-state index >= 15 is 0 Å². The molecule has 5 aliphatic rings. The largest absolute Gasteiger partial charge is 0.479 e. The van der Waals surface area contributed by atoms with Gasteiger partial charge in [-0.1, -0.05) is 41.0 Å². The monoisotopic (exact) mass is 447 g/mol. The predicted molar refractivity (Wildman–Crippen MR) is 124 cm³/mol. The van der Waals surface area contributed by atoms with Crippen molar-refractivity contribution in [3.05, 3.63) is 0 Å². The predicted octanol–water partition coefficient (Wildman–Crippen LogP) is 4.62. The number of rotatable bonds is 2. The smallest absolute Gasteiger partial charge is 0.332 e. The van der Waals surface area contributed by atoms with E-state index in [1.807, 2.05) is 0 Å². The first-order valence-corrected chi connectivity index (χ1v) is 13.3. The Balaban J connectivity index is 1.47. The lowest BCUT2D eigenvalue weighted by atomic mass is 9.52. The number of hydrogen-bond acceptors (Lipinski definition) is 4. The van der Waals surface area contributed by atoms with E-state index in [-0.39, 0.29) is 23.0 Å². The molecule has 5 nitrogen and oxygen atoms in total. The molecule has 4 unspecified atom stereocenters. The summed E-state index contributed by atoms with van der Waals surface area (Å²) in [5.41, 5.74) is 0.886. The van der Waals surface area contributed by atoms with Crippen LogP contribution in [-0.4, -0.2) is 47.1 Å². The molecule has 0 bridgehead atoms. The summed E-state index contributed by atoms with van der Waals surface area (Å²) in [5, 5.41) is 24.5. The Morgan fingerprint density at radius 1 is 1.09 bits per heavy atom. The van der Waals surface area contributed by atoms with Crippen molar-refractivity contribution >= 4 is 5.97 Å². The van der Waals surface area contributed by atoms with Crippen LogP contribution in [0.1, 0.15) is 92.4 Å². The maximum Gasteiger partial charge on any atom is 0.332 e. The molecule has 2 heterocycles. The SMILES string of the molecule is CC[C@]1(C)CC[C@@]23C[C@@]24CC[C@H](O)C(C)(C)C4CC[C@H]3NCC2OC(C(=O)O)C[C@@H](C)C21. The molecule has 2 spiro atoms. The molecule has 10 atom stereocenters. The first-order valence-electron chi connectivity index (χ1n) is 13.3. The summed E-state index contributed by atoms with van der Waals surface area (Å²) in [7, 11) is 0. The van der Waals surface area contributed by atoms with Gasteiger partial charge in [0.2, 0.25) is 0 Å². The molecule has 3 saturated carbocycles. The molecule has 5 heteroatoms. The summed E-state index contributed by atoms with van der Waals surface area (Å²) in [5.74, 6) is 0.542. The number of aliphatic hydroxyl groups is 1. The molecule has 2 saturated heterocycles. The van der Waals surface area contributed by atoms with Crippen LogP contribution in [0.2, 0.25) is 0 Å². The summed E-state index contributed by atoms with van der Waals surface area (Å²) >= 11 is 0. The number of aliphatic carboxylic acids is 1. The zero-order valence-electron chi connectivity index (χ0n) is 20.8. The van der Waals surface area contributed by atoms with Gasteiger partial charge in [-0.15, -0.1) is 0 Å². The van der Waals surface area contributed by atoms with Crippen LogP contribution in [0.15, 0.2) is 0 Å². The lowest BCUT2D eigenvalue weighted by Gasteiger charge is -2.54. The maximum absolute atomic E-state index is 11.8. The van der Waals surface area contributed by atoms with Gasteiger partial charge in [-0.2, -0.15) is 0 Å². The molecule has 2 aliphatic heterocycles. The van der Waals surface area contributed by atoms with Crippen molar-refractivity contribution in [3.8, 4) is 0 Å². The highest BCUT2D eigenvalue weighted by Crippen LogP contribution is 2.81. The fourth-order valence-electron chi connectivity index (χ4n) is 9.77. The van der Waals surface area contributed by atoms with E-state index in [9.17, 15) is 15.0 Å². The highest BCUT2D eigenvalue weighted by molar-refractivity contribution is 5.72. The van der Waals surface area contributed by atoms with Crippen LogP contribution in [0, 0.1) is 39.4 Å². The van der Waals surface area contributed by atoms with Gasteiger partial charge < -0.3 is 20.3 Å². The third kappa shape index (κ3) is 3.02. The molecule has 32 heavy (non-hydrogen) atoms. The average Bonchev–Trinajstić information content (AvgIpc) is 3.41. The van der Waals surface area contributed by atoms with E-state index in [1.54, 1.807) is 0 Å². The lowest BCUT2D eigenvalue weighted by molar-refractivity contribution is -0.178. The van der Waals surface area contributed by atoms with Crippen LogP contribution < -0.4 is 5.32 Å². The standard InChI is InChI=1S/C27H45NO4/c1-6-25(5)11-12-27-15-26(27)10-9-21(29)24(3,4)19(26)7-8-20(27)28-14-18-22(25)16(2)13-17(32-18)23(30)31/h16-22,28-29H,6-15H2,1-5H3,(H,30,31)/t16-,17?,18?,19?,20-,21+,22?,25-,26-,27+/m1/s1. The number of hydrogen-bond donors (Lipinski definition) is 3. The molecule has 5 rings (SSSR count). The summed E-state index contributed by atoms with van der Waals surface area (Å²) in [6.07, 6.45) is 9.09. The Hall–Kier alpha value is -0.650. The number of nitrogens with one attached hydrogen (secondary N) is 1. The quantitative estimate of drug-likeness (QED) is 0.576.